The van der Waals surface area contributed by atoms with Gasteiger partial charge in [-0.1, -0.05) is 6.07 Å². The summed E-state index contributed by atoms with van der Waals surface area (Å²) in [6.07, 6.45) is 0. The number of hydrogen-bond acceptors (Lipinski definition) is 4. The highest BCUT2D eigenvalue weighted by Crippen LogP contribution is 2.33. The molecule has 0 unspecified atom stereocenters. The van der Waals surface area contributed by atoms with Crippen molar-refractivity contribution in [2.24, 2.45) is 0 Å². The van der Waals surface area contributed by atoms with Gasteiger partial charge in [-0.15, -0.1) is 11.3 Å². The first kappa shape index (κ1) is 14.9. The number of thiophene rings is 1. The number of benzene rings is 1. The molecule has 0 fully saturated rings. The second-order valence-electron chi connectivity index (χ2n) is 4.41. The van der Waals surface area contributed by atoms with Crippen molar-refractivity contribution in [1.29, 1.82) is 0 Å². The molecule has 0 saturated heterocycles. The lowest BCUT2D eigenvalue weighted by Gasteiger charge is -2.20. The highest BCUT2D eigenvalue weighted by Gasteiger charge is 2.22. The molecule has 4 nitrogen and oxygen atoms in total. The highest BCUT2D eigenvalue weighted by molar-refractivity contribution is 7.21. The lowest BCUT2D eigenvalue weighted by molar-refractivity contribution is 0.0689. The number of aliphatic hydroxyl groups is 2. The average molecular weight is 297 g/mol. The number of amides is 1. The number of halogens is 1. The fraction of sp³-hybridized carbons (Fsp3) is 0.357. The Hall–Kier alpha value is -1.50. The number of carbonyl (C=O) groups is 1. The SMILES string of the molecule is Cc1c(C(=O)N(CCO)CCO)sc2cccc(F)c12. The van der Waals surface area contributed by atoms with Crippen LogP contribution in [0.5, 0.6) is 0 Å². The fourth-order valence-corrected chi connectivity index (χ4v) is 3.35. The molecule has 0 radical (unpaired) electrons. The monoisotopic (exact) mass is 297 g/mol. The number of carbonyl (C=O) groups excluding carboxylic acids is 1. The number of rotatable bonds is 5. The molecule has 0 bridgehead atoms. The molecule has 0 aliphatic rings. The van der Waals surface area contributed by atoms with Gasteiger partial charge in [0.05, 0.1) is 18.1 Å². The third kappa shape index (κ3) is 2.67. The molecule has 0 saturated carbocycles. The molecular weight excluding hydrogens is 281 g/mol. The van der Waals surface area contributed by atoms with Crippen molar-refractivity contribution in [1.82, 2.24) is 4.90 Å². The largest absolute Gasteiger partial charge is 0.395 e. The lowest BCUT2D eigenvalue weighted by atomic mass is 10.1. The van der Waals surface area contributed by atoms with Gasteiger partial charge in [0, 0.05) is 23.2 Å². The topological polar surface area (TPSA) is 60.8 Å². The van der Waals surface area contributed by atoms with Gasteiger partial charge < -0.3 is 15.1 Å². The van der Waals surface area contributed by atoms with Crippen LogP contribution >= 0.6 is 11.3 Å². The number of aliphatic hydroxyl groups excluding tert-OH is 2. The molecule has 20 heavy (non-hydrogen) atoms. The van der Waals surface area contributed by atoms with Crippen molar-refractivity contribution in [3.8, 4) is 0 Å². The molecule has 2 rings (SSSR count). The van der Waals surface area contributed by atoms with Crippen LogP contribution in [0.1, 0.15) is 15.2 Å². The van der Waals surface area contributed by atoms with E-state index in [1.165, 1.54) is 22.3 Å². The first-order valence-electron chi connectivity index (χ1n) is 6.28. The zero-order valence-electron chi connectivity index (χ0n) is 11.1. The molecule has 2 N–H and O–H groups in total. The van der Waals surface area contributed by atoms with Crippen molar-refractivity contribution < 1.29 is 19.4 Å². The van der Waals surface area contributed by atoms with E-state index in [4.69, 9.17) is 10.2 Å². The summed E-state index contributed by atoms with van der Waals surface area (Å²) < 4.78 is 14.5. The van der Waals surface area contributed by atoms with E-state index in [-0.39, 0.29) is 38.0 Å². The van der Waals surface area contributed by atoms with E-state index < -0.39 is 0 Å². The van der Waals surface area contributed by atoms with Gasteiger partial charge in [-0.2, -0.15) is 0 Å². The maximum absolute atomic E-state index is 13.8. The Labute approximate surface area is 120 Å². The quantitative estimate of drug-likeness (QED) is 0.884. The smallest absolute Gasteiger partial charge is 0.264 e. The molecule has 0 atom stereocenters. The Morgan fingerprint density at radius 1 is 1.30 bits per heavy atom. The molecule has 0 aliphatic carbocycles. The first-order valence-corrected chi connectivity index (χ1v) is 7.10. The van der Waals surface area contributed by atoms with Crippen molar-refractivity contribution in [2.75, 3.05) is 26.3 Å². The van der Waals surface area contributed by atoms with Gasteiger partial charge in [0.2, 0.25) is 0 Å². The van der Waals surface area contributed by atoms with Gasteiger partial charge in [-0.25, -0.2) is 4.39 Å². The summed E-state index contributed by atoms with van der Waals surface area (Å²) in [5.41, 5.74) is 0.606. The molecule has 6 heteroatoms. The molecule has 0 spiro atoms. The van der Waals surface area contributed by atoms with E-state index in [2.05, 4.69) is 0 Å². The van der Waals surface area contributed by atoms with E-state index in [0.717, 1.165) is 4.70 Å². The van der Waals surface area contributed by atoms with Gasteiger partial charge >= 0.3 is 0 Å². The second kappa shape index (κ2) is 6.30. The van der Waals surface area contributed by atoms with Crippen LogP contribution in [0.4, 0.5) is 4.39 Å². The van der Waals surface area contributed by atoms with E-state index in [1.54, 1.807) is 19.1 Å². The Morgan fingerprint density at radius 2 is 1.95 bits per heavy atom. The predicted octanol–water partition coefficient (Wildman–Crippen LogP) is 1.78. The summed E-state index contributed by atoms with van der Waals surface area (Å²) in [4.78, 5) is 14.2. The summed E-state index contributed by atoms with van der Waals surface area (Å²) in [5, 5.41) is 18.4. The minimum Gasteiger partial charge on any atom is -0.395 e. The van der Waals surface area contributed by atoms with Crippen molar-refractivity contribution in [3.63, 3.8) is 0 Å². The van der Waals surface area contributed by atoms with Crippen LogP contribution in [-0.4, -0.2) is 47.3 Å². The van der Waals surface area contributed by atoms with Gasteiger partial charge in [0.15, 0.2) is 0 Å². The molecule has 1 aromatic carbocycles. The van der Waals surface area contributed by atoms with Crippen LogP contribution in [0.2, 0.25) is 0 Å². The molecular formula is C14H16FNO3S. The van der Waals surface area contributed by atoms with Crippen LogP contribution in [-0.2, 0) is 0 Å². The number of fused-ring (bicyclic) bond motifs is 1. The minimum atomic E-state index is -0.342. The first-order chi connectivity index (χ1) is 9.60. The maximum Gasteiger partial charge on any atom is 0.264 e. The van der Waals surface area contributed by atoms with Gasteiger partial charge in [-0.05, 0) is 24.6 Å². The van der Waals surface area contributed by atoms with E-state index in [9.17, 15) is 9.18 Å². The van der Waals surface area contributed by atoms with E-state index >= 15 is 0 Å². The second-order valence-corrected chi connectivity index (χ2v) is 5.46. The van der Waals surface area contributed by atoms with E-state index in [1.807, 2.05) is 0 Å². The standard InChI is InChI=1S/C14H16FNO3S/c1-9-12-10(15)3-2-4-11(12)20-13(9)14(19)16(5-7-17)6-8-18/h2-4,17-18H,5-8H2,1H3. The third-order valence-corrected chi connectivity index (χ3v) is 4.37. The summed E-state index contributed by atoms with van der Waals surface area (Å²) in [5.74, 6) is -0.627. The van der Waals surface area contributed by atoms with E-state index in [0.29, 0.717) is 15.8 Å². The molecule has 1 amide bonds. The zero-order chi connectivity index (χ0) is 14.7. The van der Waals surface area contributed by atoms with Crippen LogP contribution < -0.4 is 0 Å². The van der Waals surface area contributed by atoms with Crippen molar-refractivity contribution in [2.45, 2.75) is 6.92 Å². The predicted molar refractivity (Wildman–Crippen MR) is 76.6 cm³/mol. The zero-order valence-corrected chi connectivity index (χ0v) is 11.9. The van der Waals surface area contributed by atoms with Gasteiger partial charge in [-0.3, -0.25) is 4.79 Å². The van der Waals surface area contributed by atoms with Gasteiger partial charge in [0.25, 0.3) is 5.91 Å². The average Bonchev–Trinajstić information content (AvgIpc) is 2.76. The van der Waals surface area contributed by atoms with Crippen LogP contribution in [0.15, 0.2) is 18.2 Å². The van der Waals surface area contributed by atoms with Crippen molar-refractivity contribution in [3.05, 3.63) is 34.5 Å². The Kier molecular flexibility index (Phi) is 4.69. The lowest BCUT2D eigenvalue weighted by Crippen LogP contribution is -2.35. The summed E-state index contributed by atoms with van der Waals surface area (Å²) >= 11 is 1.23. The minimum absolute atomic E-state index is 0.148. The fourth-order valence-electron chi connectivity index (χ4n) is 2.16. The summed E-state index contributed by atoms with van der Waals surface area (Å²) in [7, 11) is 0. The maximum atomic E-state index is 13.8. The van der Waals surface area contributed by atoms with Crippen molar-refractivity contribution >= 4 is 27.3 Å². The van der Waals surface area contributed by atoms with Crippen LogP contribution in [0.3, 0.4) is 0 Å². The molecule has 0 aliphatic heterocycles. The molecule has 2 aromatic rings. The van der Waals surface area contributed by atoms with Crippen LogP contribution in [0, 0.1) is 12.7 Å². The Morgan fingerprint density at radius 3 is 2.50 bits per heavy atom. The third-order valence-electron chi connectivity index (χ3n) is 3.12. The number of nitrogens with zero attached hydrogens (tertiary/aromatic N) is 1. The van der Waals surface area contributed by atoms with Crippen LogP contribution in [0.25, 0.3) is 10.1 Å². The molecule has 108 valence electrons. The number of hydrogen-bond donors (Lipinski definition) is 2. The normalized spacial score (nSPS) is 11.0. The Balaban J connectivity index is 2.44. The molecule has 1 aromatic heterocycles. The Bertz CT molecular complexity index is 620. The summed E-state index contributed by atoms with van der Waals surface area (Å²) in [6.45, 7) is 1.66. The van der Waals surface area contributed by atoms with Gasteiger partial charge in [0.1, 0.15) is 5.82 Å². The molecule has 1 heterocycles. The highest BCUT2D eigenvalue weighted by atomic mass is 32.1. The summed E-state index contributed by atoms with van der Waals surface area (Å²) in [6, 6.07) is 4.76. The number of aryl methyl sites for hydroxylation is 1.